The van der Waals surface area contributed by atoms with E-state index in [0.29, 0.717) is 5.69 Å². The van der Waals surface area contributed by atoms with Gasteiger partial charge in [0.2, 0.25) is 5.91 Å². The maximum Gasteiger partial charge on any atom is 0.358 e. The third kappa shape index (κ3) is 2.57. The van der Waals surface area contributed by atoms with Gasteiger partial charge in [-0.25, -0.2) is 9.48 Å². The first kappa shape index (κ1) is 12.7. The van der Waals surface area contributed by atoms with Crippen LogP contribution in [0.15, 0.2) is 24.4 Å². The molecule has 0 saturated heterocycles. The number of pyridine rings is 1. The van der Waals surface area contributed by atoms with Crippen LogP contribution in [0.2, 0.25) is 0 Å². The van der Waals surface area contributed by atoms with E-state index in [-0.39, 0.29) is 23.8 Å². The summed E-state index contributed by atoms with van der Waals surface area (Å²) in [5.41, 5.74) is 0.369. The molecule has 0 atom stereocenters. The topological polar surface area (TPSA) is 110 Å². The standard InChI is InChI=1S/C11H11N5O3/c1-12-8(17)6-16-10(7-4-2-3-5-13-7)9(11(18)19)14-15-16/h2-5H,6H2,1H3,(H,12,17)(H,18,19). The zero-order valence-corrected chi connectivity index (χ0v) is 10.1. The van der Waals surface area contributed by atoms with Gasteiger partial charge in [-0.3, -0.25) is 9.78 Å². The van der Waals surface area contributed by atoms with Gasteiger partial charge in [0.05, 0.1) is 5.69 Å². The monoisotopic (exact) mass is 261 g/mol. The fourth-order valence-corrected chi connectivity index (χ4v) is 1.54. The summed E-state index contributed by atoms with van der Waals surface area (Å²) in [5.74, 6) is -1.53. The highest BCUT2D eigenvalue weighted by atomic mass is 16.4. The number of amides is 1. The maximum absolute atomic E-state index is 11.4. The number of hydrogen-bond acceptors (Lipinski definition) is 5. The average Bonchev–Trinajstić information content (AvgIpc) is 2.83. The van der Waals surface area contributed by atoms with E-state index in [9.17, 15) is 9.59 Å². The lowest BCUT2D eigenvalue weighted by Gasteiger charge is -2.05. The number of carbonyl (C=O) groups excluding carboxylic acids is 1. The van der Waals surface area contributed by atoms with Crippen molar-refractivity contribution < 1.29 is 14.7 Å². The van der Waals surface area contributed by atoms with Crippen LogP contribution in [0.25, 0.3) is 11.4 Å². The van der Waals surface area contributed by atoms with Gasteiger partial charge in [-0.2, -0.15) is 0 Å². The van der Waals surface area contributed by atoms with Crippen LogP contribution in [0.5, 0.6) is 0 Å². The molecule has 0 aliphatic rings. The summed E-state index contributed by atoms with van der Waals surface area (Å²) in [7, 11) is 1.48. The van der Waals surface area contributed by atoms with Crippen LogP contribution in [0.3, 0.4) is 0 Å². The third-order valence-corrected chi connectivity index (χ3v) is 2.42. The zero-order valence-electron chi connectivity index (χ0n) is 10.1. The number of nitrogens with one attached hydrogen (secondary N) is 1. The molecule has 2 aromatic rings. The lowest BCUT2D eigenvalue weighted by Crippen LogP contribution is -2.24. The summed E-state index contributed by atoms with van der Waals surface area (Å²) >= 11 is 0. The van der Waals surface area contributed by atoms with Crippen molar-refractivity contribution in [2.24, 2.45) is 0 Å². The summed E-state index contributed by atoms with van der Waals surface area (Å²) in [6.45, 7) is -0.122. The highest BCUT2D eigenvalue weighted by Gasteiger charge is 2.22. The Morgan fingerprint density at radius 2 is 2.21 bits per heavy atom. The lowest BCUT2D eigenvalue weighted by molar-refractivity contribution is -0.121. The van der Waals surface area contributed by atoms with E-state index < -0.39 is 5.97 Å². The molecule has 0 aliphatic carbocycles. The molecule has 0 aromatic carbocycles. The molecular weight excluding hydrogens is 250 g/mol. The minimum absolute atomic E-state index is 0.122. The zero-order chi connectivity index (χ0) is 13.8. The van der Waals surface area contributed by atoms with Crippen molar-refractivity contribution in [2.45, 2.75) is 6.54 Å². The van der Waals surface area contributed by atoms with Gasteiger partial charge in [0, 0.05) is 13.2 Å². The molecule has 2 rings (SSSR count). The molecule has 0 aliphatic heterocycles. The Hall–Kier alpha value is -2.77. The van der Waals surface area contributed by atoms with E-state index in [0.717, 1.165) is 0 Å². The second kappa shape index (κ2) is 5.25. The molecule has 1 amide bonds. The second-order valence-electron chi connectivity index (χ2n) is 3.64. The Morgan fingerprint density at radius 1 is 1.42 bits per heavy atom. The van der Waals surface area contributed by atoms with Crippen LogP contribution >= 0.6 is 0 Å². The fraction of sp³-hybridized carbons (Fsp3) is 0.182. The highest BCUT2D eigenvalue weighted by Crippen LogP contribution is 2.19. The number of hydrogen-bond donors (Lipinski definition) is 2. The molecule has 0 fully saturated rings. The van der Waals surface area contributed by atoms with E-state index in [1.165, 1.54) is 17.9 Å². The van der Waals surface area contributed by atoms with Crippen molar-refractivity contribution in [1.29, 1.82) is 0 Å². The number of aromatic carboxylic acids is 1. The van der Waals surface area contributed by atoms with Crippen molar-refractivity contribution in [3.8, 4) is 11.4 Å². The van der Waals surface area contributed by atoms with Gasteiger partial charge in [-0.05, 0) is 12.1 Å². The van der Waals surface area contributed by atoms with Crippen LogP contribution in [0, 0.1) is 0 Å². The molecule has 0 spiro atoms. The molecule has 98 valence electrons. The minimum Gasteiger partial charge on any atom is -0.476 e. The molecule has 19 heavy (non-hydrogen) atoms. The number of rotatable bonds is 4. The quantitative estimate of drug-likeness (QED) is 0.787. The molecule has 2 aromatic heterocycles. The number of carbonyl (C=O) groups is 2. The number of nitrogens with zero attached hydrogens (tertiary/aromatic N) is 4. The summed E-state index contributed by atoms with van der Waals surface area (Å²) in [5, 5.41) is 18.8. The second-order valence-corrected chi connectivity index (χ2v) is 3.64. The Morgan fingerprint density at radius 3 is 2.79 bits per heavy atom. The SMILES string of the molecule is CNC(=O)Cn1nnc(C(=O)O)c1-c1ccccn1. The molecule has 2 heterocycles. The summed E-state index contributed by atoms with van der Waals surface area (Å²) in [4.78, 5) is 26.6. The first-order valence-corrected chi connectivity index (χ1v) is 5.42. The van der Waals surface area contributed by atoms with Crippen molar-refractivity contribution >= 4 is 11.9 Å². The van der Waals surface area contributed by atoms with E-state index in [1.54, 1.807) is 18.2 Å². The smallest absolute Gasteiger partial charge is 0.358 e. The van der Waals surface area contributed by atoms with Crippen LogP contribution in [0.4, 0.5) is 0 Å². The Labute approximate surface area is 108 Å². The molecular formula is C11H11N5O3. The summed E-state index contributed by atoms with van der Waals surface area (Å²) in [6, 6.07) is 5.05. The van der Waals surface area contributed by atoms with Gasteiger partial charge in [-0.15, -0.1) is 5.10 Å². The molecule has 8 nitrogen and oxygen atoms in total. The van der Waals surface area contributed by atoms with Gasteiger partial charge in [-0.1, -0.05) is 11.3 Å². The van der Waals surface area contributed by atoms with Gasteiger partial charge in [0.15, 0.2) is 5.69 Å². The van der Waals surface area contributed by atoms with Gasteiger partial charge < -0.3 is 10.4 Å². The van der Waals surface area contributed by atoms with E-state index in [2.05, 4.69) is 20.6 Å². The maximum atomic E-state index is 11.4. The van der Waals surface area contributed by atoms with Crippen molar-refractivity contribution in [3.05, 3.63) is 30.1 Å². The van der Waals surface area contributed by atoms with Gasteiger partial charge in [0.25, 0.3) is 0 Å². The van der Waals surface area contributed by atoms with E-state index in [4.69, 9.17) is 5.11 Å². The Bertz CT molecular complexity index is 608. The predicted octanol–water partition coefficient (Wildman–Crippen LogP) is -0.216. The first-order valence-electron chi connectivity index (χ1n) is 5.42. The van der Waals surface area contributed by atoms with Crippen molar-refractivity contribution in [2.75, 3.05) is 7.05 Å². The van der Waals surface area contributed by atoms with E-state index >= 15 is 0 Å². The highest BCUT2D eigenvalue weighted by molar-refractivity contribution is 5.92. The molecule has 0 unspecified atom stereocenters. The van der Waals surface area contributed by atoms with Crippen LogP contribution in [-0.2, 0) is 11.3 Å². The Balaban J connectivity index is 2.51. The normalized spacial score (nSPS) is 10.2. The van der Waals surface area contributed by atoms with Gasteiger partial charge >= 0.3 is 5.97 Å². The predicted molar refractivity (Wildman–Crippen MR) is 64.3 cm³/mol. The molecule has 0 bridgehead atoms. The lowest BCUT2D eigenvalue weighted by atomic mass is 10.2. The first-order chi connectivity index (χ1) is 9.13. The fourth-order valence-electron chi connectivity index (χ4n) is 1.54. The van der Waals surface area contributed by atoms with Crippen molar-refractivity contribution in [1.82, 2.24) is 25.3 Å². The number of aromatic nitrogens is 4. The number of likely N-dealkylation sites (N-methyl/N-ethyl adjacent to an activating group) is 1. The molecule has 0 radical (unpaired) electrons. The molecule has 0 saturated carbocycles. The molecule has 2 N–H and O–H groups in total. The van der Waals surface area contributed by atoms with Crippen LogP contribution < -0.4 is 5.32 Å². The van der Waals surface area contributed by atoms with Gasteiger partial charge in [0.1, 0.15) is 12.2 Å². The third-order valence-electron chi connectivity index (χ3n) is 2.42. The van der Waals surface area contributed by atoms with Crippen molar-refractivity contribution in [3.63, 3.8) is 0 Å². The van der Waals surface area contributed by atoms with E-state index in [1.807, 2.05) is 0 Å². The molecule has 8 heteroatoms. The minimum atomic E-state index is -1.22. The largest absolute Gasteiger partial charge is 0.476 e. The summed E-state index contributed by atoms with van der Waals surface area (Å²) in [6.07, 6.45) is 1.53. The van der Waals surface area contributed by atoms with Crippen LogP contribution in [0.1, 0.15) is 10.5 Å². The number of carboxylic acids is 1. The number of carboxylic acid groups (broad SMARTS) is 1. The Kier molecular flexibility index (Phi) is 3.51. The summed E-state index contributed by atoms with van der Waals surface area (Å²) < 4.78 is 1.21. The van der Waals surface area contributed by atoms with Crippen LogP contribution in [-0.4, -0.2) is 44.0 Å². The average molecular weight is 261 g/mol.